The number of rotatable bonds is 4. The van der Waals surface area contributed by atoms with E-state index in [1.54, 1.807) is 12.1 Å². The van der Waals surface area contributed by atoms with Crippen molar-refractivity contribution in [1.82, 2.24) is 20.5 Å². The van der Waals surface area contributed by atoms with Gasteiger partial charge in [-0.25, -0.2) is 4.39 Å². The fourth-order valence-electron chi connectivity index (χ4n) is 3.80. The molecule has 1 fully saturated rings. The summed E-state index contributed by atoms with van der Waals surface area (Å²) in [7, 11) is 0. The summed E-state index contributed by atoms with van der Waals surface area (Å²) in [5.41, 5.74) is 3.25. The fraction of sp³-hybridized carbons (Fsp3) is 0.182. The van der Waals surface area contributed by atoms with E-state index >= 15 is 0 Å². The third-order valence-corrected chi connectivity index (χ3v) is 5.34. The first kappa shape index (κ1) is 17.5. The summed E-state index contributed by atoms with van der Waals surface area (Å²) in [5.74, 6) is 0.468. The van der Waals surface area contributed by atoms with Gasteiger partial charge < -0.3 is 15.2 Å². The number of benzene rings is 2. The van der Waals surface area contributed by atoms with Gasteiger partial charge in [0.1, 0.15) is 11.5 Å². The molecule has 3 N–H and O–H groups in total. The molecule has 2 aromatic heterocycles. The average molecular weight is 389 g/mol. The van der Waals surface area contributed by atoms with Crippen LogP contribution in [0.5, 0.6) is 0 Å². The number of hydrogen-bond acceptors (Lipinski definition) is 3. The number of fused-ring (bicyclic) bond motifs is 1. The van der Waals surface area contributed by atoms with Crippen LogP contribution < -0.4 is 10.2 Å². The summed E-state index contributed by atoms with van der Waals surface area (Å²) < 4.78 is 13.1. The molecule has 0 spiro atoms. The van der Waals surface area contributed by atoms with Crippen molar-refractivity contribution in [2.24, 2.45) is 0 Å². The Kier molecular flexibility index (Phi) is 4.27. The second-order valence-corrected chi connectivity index (χ2v) is 7.32. The van der Waals surface area contributed by atoms with Crippen molar-refractivity contribution in [3.63, 3.8) is 0 Å². The highest BCUT2D eigenvalue weighted by molar-refractivity contribution is 5.98. The molecule has 2 aromatic carbocycles. The predicted octanol–water partition coefficient (Wildman–Crippen LogP) is 3.71. The molecule has 0 aliphatic carbocycles. The molecule has 1 saturated heterocycles. The normalized spacial score (nSPS) is 16.4. The quantitative estimate of drug-likeness (QED) is 0.498. The van der Waals surface area contributed by atoms with Crippen LogP contribution >= 0.6 is 0 Å². The third-order valence-electron chi connectivity index (χ3n) is 5.34. The molecule has 1 aliphatic heterocycles. The Morgan fingerprint density at radius 1 is 1.14 bits per heavy atom. The lowest BCUT2D eigenvalue weighted by Gasteiger charge is -2.15. The Hall–Kier alpha value is -3.61. The molecular formula is C22H20FN5O. The molecule has 0 saturated carbocycles. The van der Waals surface area contributed by atoms with Crippen LogP contribution in [0.25, 0.3) is 22.2 Å². The summed E-state index contributed by atoms with van der Waals surface area (Å²) in [4.78, 5) is 17.9. The van der Waals surface area contributed by atoms with Crippen molar-refractivity contribution in [3.05, 3.63) is 72.2 Å². The van der Waals surface area contributed by atoms with E-state index < -0.39 is 0 Å². The van der Waals surface area contributed by atoms with Gasteiger partial charge in [-0.1, -0.05) is 18.2 Å². The number of nitrogens with zero attached hydrogens (tertiary/aromatic N) is 2. The number of halogens is 1. The number of anilines is 1. The largest absolute Gasteiger partial charge is 0.353 e. The number of hydrogen-bond donors (Lipinski definition) is 3. The van der Waals surface area contributed by atoms with Crippen LogP contribution in [-0.4, -0.2) is 40.2 Å². The molecule has 146 valence electrons. The Bertz CT molecular complexity index is 1130. The van der Waals surface area contributed by atoms with E-state index in [0.717, 1.165) is 40.9 Å². The van der Waals surface area contributed by atoms with Gasteiger partial charge in [0.2, 0.25) is 0 Å². The third kappa shape index (κ3) is 3.47. The highest BCUT2D eigenvalue weighted by atomic mass is 19.1. The van der Waals surface area contributed by atoms with Crippen LogP contribution in [0.15, 0.2) is 60.7 Å². The molecule has 29 heavy (non-hydrogen) atoms. The second kappa shape index (κ2) is 7.09. The minimum atomic E-state index is -0.262. The molecule has 1 aliphatic rings. The molecule has 1 atom stereocenters. The van der Waals surface area contributed by atoms with Crippen molar-refractivity contribution in [2.75, 3.05) is 18.0 Å². The van der Waals surface area contributed by atoms with Crippen LogP contribution in [0, 0.1) is 5.82 Å². The van der Waals surface area contributed by atoms with Crippen molar-refractivity contribution in [2.45, 2.75) is 12.5 Å². The summed E-state index contributed by atoms with van der Waals surface area (Å²) in [6.45, 7) is 1.50. The maximum atomic E-state index is 13.1. The van der Waals surface area contributed by atoms with Crippen molar-refractivity contribution < 1.29 is 9.18 Å². The number of amides is 1. The van der Waals surface area contributed by atoms with Crippen LogP contribution in [-0.2, 0) is 0 Å². The first-order chi connectivity index (χ1) is 14.2. The first-order valence-corrected chi connectivity index (χ1v) is 9.60. The smallest absolute Gasteiger partial charge is 0.268 e. The van der Waals surface area contributed by atoms with Gasteiger partial charge in [0.15, 0.2) is 5.82 Å². The van der Waals surface area contributed by atoms with Crippen LogP contribution in [0.3, 0.4) is 0 Å². The van der Waals surface area contributed by atoms with E-state index in [2.05, 4.69) is 25.4 Å². The van der Waals surface area contributed by atoms with E-state index in [1.165, 1.54) is 12.1 Å². The van der Waals surface area contributed by atoms with Crippen LogP contribution in [0.1, 0.15) is 16.9 Å². The first-order valence-electron chi connectivity index (χ1n) is 9.60. The minimum Gasteiger partial charge on any atom is -0.353 e. The lowest BCUT2D eigenvalue weighted by atomic mass is 10.1. The monoisotopic (exact) mass is 389 g/mol. The lowest BCUT2D eigenvalue weighted by molar-refractivity contribution is 0.0936. The summed E-state index contributed by atoms with van der Waals surface area (Å²) >= 11 is 0. The van der Waals surface area contributed by atoms with Gasteiger partial charge >= 0.3 is 0 Å². The highest BCUT2D eigenvalue weighted by Crippen LogP contribution is 2.25. The summed E-state index contributed by atoms with van der Waals surface area (Å²) in [6.07, 6.45) is 0.852. The van der Waals surface area contributed by atoms with Crippen molar-refractivity contribution in [3.8, 4) is 11.3 Å². The minimum absolute atomic E-state index is 0.0554. The van der Waals surface area contributed by atoms with Crippen LogP contribution in [0.4, 0.5) is 10.2 Å². The Labute approximate surface area is 166 Å². The number of carbonyl (C=O) groups excluding carboxylic acids is 1. The van der Waals surface area contributed by atoms with Gasteiger partial charge in [-0.2, -0.15) is 5.10 Å². The van der Waals surface area contributed by atoms with Gasteiger partial charge in [-0.15, -0.1) is 0 Å². The standard InChI is InChI=1S/C22H20FN5O/c23-16-7-5-14(6-8-16)19-12-21(27-26-19)28-10-9-17(13-28)24-22(29)20-11-15-3-1-2-4-18(15)25-20/h1-8,11-12,17,25H,9-10,13H2,(H,24,29)(H,26,27). The second-order valence-electron chi connectivity index (χ2n) is 7.32. The van der Waals surface area contributed by atoms with E-state index in [0.29, 0.717) is 12.2 Å². The van der Waals surface area contributed by atoms with E-state index in [4.69, 9.17) is 0 Å². The number of nitrogens with one attached hydrogen (secondary N) is 3. The number of aromatic amines is 2. The maximum Gasteiger partial charge on any atom is 0.268 e. The van der Waals surface area contributed by atoms with Crippen LogP contribution in [0.2, 0.25) is 0 Å². The van der Waals surface area contributed by atoms with E-state index in [1.807, 2.05) is 36.4 Å². The van der Waals surface area contributed by atoms with Gasteiger partial charge in [-0.3, -0.25) is 9.89 Å². The molecule has 5 rings (SSSR count). The topological polar surface area (TPSA) is 76.8 Å². The number of carbonyl (C=O) groups is 1. The van der Waals surface area contributed by atoms with E-state index in [-0.39, 0.29) is 17.8 Å². The van der Waals surface area contributed by atoms with Gasteiger partial charge in [0.25, 0.3) is 5.91 Å². The van der Waals surface area contributed by atoms with Crippen molar-refractivity contribution >= 4 is 22.6 Å². The number of H-pyrrole nitrogens is 2. The molecule has 3 heterocycles. The molecule has 7 heteroatoms. The molecule has 1 unspecified atom stereocenters. The Morgan fingerprint density at radius 2 is 1.97 bits per heavy atom. The summed E-state index contributed by atoms with van der Waals surface area (Å²) in [6, 6.07) is 18.0. The van der Waals surface area contributed by atoms with Gasteiger partial charge in [0.05, 0.1) is 5.69 Å². The fourth-order valence-corrected chi connectivity index (χ4v) is 3.80. The molecule has 1 amide bonds. The predicted molar refractivity (Wildman–Crippen MR) is 110 cm³/mol. The molecule has 0 radical (unpaired) electrons. The van der Waals surface area contributed by atoms with Gasteiger partial charge in [0, 0.05) is 36.1 Å². The Balaban J connectivity index is 1.24. The zero-order valence-electron chi connectivity index (χ0n) is 15.7. The Morgan fingerprint density at radius 3 is 2.79 bits per heavy atom. The molecule has 6 nitrogen and oxygen atoms in total. The zero-order valence-corrected chi connectivity index (χ0v) is 15.7. The SMILES string of the molecule is O=C(NC1CCN(c2cc(-c3ccc(F)cc3)[nH]n2)C1)c1cc2ccccc2[nH]1. The molecule has 4 aromatic rings. The highest BCUT2D eigenvalue weighted by Gasteiger charge is 2.26. The lowest BCUT2D eigenvalue weighted by Crippen LogP contribution is -2.37. The number of para-hydroxylation sites is 1. The van der Waals surface area contributed by atoms with Crippen molar-refractivity contribution in [1.29, 1.82) is 0 Å². The number of aromatic nitrogens is 3. The molecular weight excluding hydrogens is 369 g/mol. The maximum absolute atomic E-state index is 13.1. The zero-order chi connectivity index (χ0) is 19.8. The average Bonchev–Trinajstić information content (AvgIpc) is 3.47. The van der Waals surface area contributed by atoms with Gasteiger partial charge in [-0.05, 0) is 48.4 Å². The molecule has 0 bridgehead atoms. The van der Waals surface area contributed by atoms with E-state index in [9.17, 15) is 9.18 Å². The summed E-state index contributed by atoms with van der Waals surface area (Å²) in [5, 5.41) is 11.5.